The van der Waals surface area contributed by atoms with Crippen molar-refractivity contribution >= 4 is 60.6 Å². The summed E-state index contributed by atoms with van der Waals surface area (Å²) in [6.45, 7) is 13.5. The minimum atomic E-state index is 0.0256. The quantitative estimate of drug-likeness (QED) is 0.251. The Labute approximate surface area is 217 Å². The van der Waals surface area contributed by atoms with Gasteiger partial charge in [0, 0.05) is 21.0 Å². The molecule has 0 unspecified atom stereocenters. The molecule has 35 heavy (non-hydrogen) atoms. The smallest absolute Gasteiger partial charge is 0.128 e. The van der Waals surface area contributed by atoms with Gasteiger partial charge in [0.2, 0.25) is 0 Å². The molecule has 0 bridgehead atoms. The molecule has 2 aromatic heterocycles. The number of thiophene rings is 1. The van der Waals surface area contributed by atoms with Crippen molar-refractivity contribution in [3.8, 4) is 11.3 Å². The highest BCUT2D eigenvalue weighted by Gasteiger charge is 2.20. The lowest BCUT2D eigenvalue weighted by atomic mass is 9.82. The lowest BCUT2D eigenvalue weighted by molar-refractivity contribution is 0.596. The van der Waals surface area contributed by atoms with E-state index in [0.717, 1.165) is 32.8 Å². The average molecular weight is 497 g/mol. The molecular weight excluding hydrogens is 464 g/mol. The summed E-state index contributed by atoms with van der Waals surface area (Å²) >= 11 is 6.55. The molecule has 3 aromatic carbocycles. The zero-order chi connectivity index (χ0) is 24.9. The standard InChI is InChI=1S/C31H32N2S2/c1-18(2)13-26(34)19(3)20-11-12-24-27(16-20)35-30-28(24)29(32-17-33-30)22-14-21-9-7-8-10-23(21)25(15-22)31(4,5)6/h7-12,14-18,34H,13H2,1-6H3/b26-19-. The first-order chi connectivity index (χ1) is 16.6. The Morgan fingerprint density at radius 1 is 0.971 bits per heavy atom. The molecule has 0 radical (unpaired) electrons. The molecule has 0 amide bonds. The lowest BCUT2D eigenvalue weighted by Crippen LogP contribution is -2.12. The van der Waals surface area contributed by atoms with E-state index in [1.807, 2.05) is 0 Å². The molecule has 0 atom stereocenters. The van der Waals surface area contributed by atoms with Gasteiger partial charge in [0.25, 0.3) is 0 Å². The highest BCUT2D eigenvalue weighted by molar-refractivity contribution is 7.84. The van der Waals surface area contributed by atoms with Crippen LogP contribution in [0.1, 0.15) is 59.1 Å². The van der Waals surface area contributed by atoms with Crippen LogP contribution in [-0.2, 0) is 5.41 Å². The van der Waals surface area contributed by atoms with E-state index in [4.69, 9.17) is 17.6 Å². The minimum Gasteiger partial charge on any atom is -0.236 e. The summed E-state index contributed by atoms with van der Waals surface area (Å²) in [5.41, 5.74) is 5.99. The Hall–Kier alpha value is -2.69. The second kappa shape index (κ2) is 9.07. The van der Waals surface area contributed by atoms with Crippen molar-refractivity contribution in [1.82, 2.24) is 9.97 Å². The molecule has 0 fully saturated rings. The molecule has 178 valence electrons. The van der Waals surface area contributed by atoms with E-state index >= 15 is 0 Å². The topological polar surface area (TPSA) is 25.8 Å². The van der Waals surface area contributed by atoms with E-state index in [-0.39, 0.29) is 5.41 Å². The maximum Gasteiger partial charge on any atom is 0.128 e. The summed E-state index contributed by atoms with van der Waals surface area (Å²) in [6.07, 6.45) is 2.70. The van der Waals surface area contributed by atoms with Crippen LogP contribution in [0.3, 0.4) is 0 Å². The van der Waals surface area contributed by atoms with Crippen molar-refractivity contribution in [1.29, 1.82) is 0 Å². The fourth-order valence-electron chi connectivity index (χ4n) is 4.83. The Morgan fingerprint density at radius 3 is 2.49 bits per heavy atom. The van der Waals surface area contributed by atoms with Crippen molar-refractivity contribution in [2.24, 2.45) is 5.92 Å². The molecule has 0 saturated heterocycles. The predicted octanol–water partition coefficient (Wildman–Crippen LogP) is 9.67. The molecule has 0 aliphatic rings. The van der Waals surface area contributed by atoms with Gasteiger partial charge in [-0.25, -0.2) is 9.97 Å². The molecule has 0 N–H and O–H groups in total. The predicted molar refractivity (Wildman–Crippen MR) is 158 cm³/mol. The summed E-state index contributed by atoms with van der Waals surface area (Å²) in [6, 6.07) is 20.0. The van der Waals surface area contributed by atoms with Gasteiger partial charge < -0.3 is 0 Å². The van der Waals surface area contributed by atoms with E-state index in [0.29, 0.717) is 5.92 Å². The molecule has 5 aromatic rings. The summed E-state index contributed by atoms with van der Waals surface area (Å²) < 4.78 is 1.24. The third-order valence-electron chi connectivity index (χ3n) is 6.68. The zero-order valence-corrected chi connectivity index (χ0v) is 23.0. The summed E-state index contributed by atoms with van der Waals surface area (Å²) in [4.78, 5) is 11.7. The second-order valence-corrected chi connectivity index (χ2v) is 12.5. The van der Waals surface area contributed by atoms with Gasteiger partial charge in [-0.15, -0.1) is 24.0 Å². The van der Waals surface area contributed by atoms with Crippen LogP contribution < -0.4 is 0 Å². The van der Waals surface area contributed by atoms with E-state index in [1.54, 1.807) is 17.7 Å². The number of allylic oxidation sites excluding steroid dienone is 2. The van der Waals surface area contributed by atoms with Crippen LogP contribution in [0.15, 0.2) is 65.8 Å². The average Bonchev–Trinajstić information content (AvgIpc) is 3.19. The van der Waals surface area contributed by atoms with E-state index in [9.17, 15) is 0 Å². The molecule has 0 saturated carbocycles. The van der Waals surface area contributed by atoms with Crippen LogP contribution in [0.25, 0.3) is 47.9 Å². The van der Waals surface area contributed by atoms with Crippen molar-refractivity contribution in [2.75, 3.05) is 0 Å². The van der Waals surface area contributed by atoms with Crippen LogP contribution >= 0.6 is 24.0 Å². The van der Waals surface area contributed by atoms with Gasteiger partial charge in [-0.1, -0.05) is 71.0 Å². The van der Waals surface area contributed by atoms with Crippen LogP contribution in [0.4, 0.5) is 0 Å². The number of nitrogens with zero attached hydrogens (tertiary/aromatic N) is 2. The summed E-state index contributed by atoms with van der Waals surface area (Å²) in [7, 11) is 0. The van der Waals surface area contributed by atoms with Crippen molar-refractivity contribution < 1.29 is 0 Å². The van der Waals surface area contributed by atoms with E-state index < -0.39 is 0 Å². The highest BCUT2D eigenvalue weighted by Crippen LogP contribution is 2.41. The number of hydrogen-bond acceptors (Lipinski definition) is 4. The van der Waals surface area contributed by atoms with Gasteiger partial charge in [-0.2, -0.15) is 0 Å². The maximum absolute atomic E-state index is 4.82. The molecular formula is C31H32N2S2. The van der Waals surface area contributed by atoms with E-state index in [1.165, 1.54) is 37.6 Å². The van der Waals surface area contributed by atoms with Gasteiger partial charge >= 0.3 is 0 Å². The SMILES string of the molecule is C/C(=C(/S)CC(C)C)c1ccc2c(c1)sc1ncnc(-c3cc(C(C)(C)C)c4ccccc4c3)c12. The number of rotatable bonds is 4. The monoisotopic (exact) mass is 496 g/mol. The van der Waals surface area contributed by atoms with Crippen LogP contribution in [0.2, 0.25) is 0 Å². The van der Waals surface area contributed by atoms with Gasteiger partial charge in [0.1, 0.15) is 11.2 Å². The Bertz CT molecular complexity index is 1600. The Kier molecular flexibility index (Phi) is 6.23. The summed E-state index contributed by atoms with van der Waals surface area (Å²) in [5, 5.41) is 4.91. The Morgan fingerprint density at radius 2 is 1.74 bits per heavy atom. The fourth-order valence-corrected chi connectivity index (χ4v) is 6.41. The zero-order valence-electron chi connectivity index (χ0n) is 21.3. The Balaban J connectivity index is 1.73. The summed E-state index contributed by atoms with van der Waals surface area (Å²) in [5.74, 6) is 0.586. The minimum absolute atomic E-state index is 0.0256. The van der Waals surface area contributed by atoms with Crippen molar-refractivity contribution in [3.05, 3.63) is 77.0 Å². The molecule has 5 rings (SSSR count). The fraction of sp³-hybridized carbons (Fsp3) is 0.290. The van der Waals surface area contributed by atoms with Crippen molar-refractivity contribution in [3.63, 3.8) is 0 Å². The normalized spacial score (nSPS) is 13.3. The van der Waals surface area contributed by atoms with Crippen LogP contribution in [0, 0.1) is 5.92 Å². The second-order valence-electron chi connectivity index (χ2n) is 10.9. The van der Waals surface area contributed by atoms with Gasteiger partial charge in [-0.3, -0.25) is 0 Å². The first-order valence-electron chi connectivity index (χ1n) is 12.2. The number of fused-ring (bicyclic) bond motifs is 4. The third kappa shape index (κ3) is 4.50. The third-order valence-corrected chi connectivity index (χ3v) is 8.26. The van der Waals surface area contributed by atoms with Crippen LogP contribution in [0.5, 0.6) is 0 Å². The largest absolute Gasteiger partial charge is 0.236 e. The first-order valence-corrected chi connectivity index (χ1v) is 13.5. The number of hydrogen-bond donors (Lipinski definition) is 1. The number of aromatic nitrogens is 2. The number of thiol groups is 1. The molecule has 0 aliphatic heterocycles. The molecule has 2 heterocycles. The molecule has 0 aliphatic carbocycles. The van der Waals surface area contributed by atoms with E-state index in [2.05, 4.69) is 101 Å². The maximum atomic E-state index is 4.82. The van der Waals surface area contributed by atoms with Crippen LogP contribution in [-0.4, -0.2) is 9.97 Å². The van der Waals surface area contributed by atoms with Crippen molar-refractivity contribution in [2.45, 2.75) is 53.4 Å². The molecule has 0 spiro atoms. The molecule has 2 nitrogen and oxygen atoms in total. The highest BCUT2D eigenvalue weighted by atomic mass is 32.1. The first kappa shape index (κ1) is 24.0. The van der Waals surface area contributed by atoms with Gasteiger partial charge in [-0.05, 0) is 75.3 Å². The molecule has 4 heteroatoms. The van der Waals surface area contributed by atoms with Gasteiger partial charge in [0.05, 0.1) is 5.69 Å². The lowest BCUT2D eigenvalue weighted by Gasteiger charge is -2.22. The van der Waals surface area contributed by atoms with Gasteiger partial charge in [0.15, 0.2) is 0 Å². The number of benzene rings is 3.